The van der Waals surface area contributed by atoms with Crippen molar-refractivity contribution in [1.29, 1.82) is 5.41 Å². The molecule has 0 aromatic heterocycles. The van der Waals surface area contributed by atoms with Gasteiger partial charge in [0, 0.05) is 25.4 Å². The van der Waals surface area contributed by atoms with Crippen molar-refractivity contribution in [2.75, 3.05) is 19.4 Å². The van der Waals surface area contributed by atoms with Gasteiger partial charge in [-0.1, -0.05) is 44.2 Å². The van der Waals surface area contributed by atoms with Crippen LogP contribution >= 0.6 is 0 Å². The number of para-hydroxylation sites is 1. The zero-order chi connectivity index (χ0) is 19.8. The second-order valence-electron chi connectivity index (χ2n) is 6.36. The molecule has 1 aromatic carbocycles. The highest BCUT2D eigenvalue weighted by Crippen LogP contribution is 2.19. The summed E-state index contributed by atoms with van der Waals surface area (Å²) in [5, 5.41) is 17.1. The Hall–Kier alpha value is -2.99. The molecule has 2 rings (SSSR count). The highest BCUT2D eigenvalue weighted by molar-refractivity contribution is 6.12. The average Bonchev–Trinajstić information content (AvgIpc) is 3.01. The van der Waals surface area contributed by atoms with E-state index >= 15 is 0 Å². The van der Waals surface area contributed by atoms with Crippen LogP contribution < -0.4 is 21.6 Å². The number of rotatable bonds is 8. The first-order chi connectivity index (χ1) is 13.0. The molecule has 1 heterocycles. The van der Waals surface area contributed by atoms with Gasteiger partial charge in [0.05, 0.1) is 17.1 Å². The number of likely N-dealkylation sites (N-methyl/N-ethyl adjacent to an activating group) is 1. The van der Waals surface area contributed by atoms with Crippen molar-refractivity contribution in [2.24, 2.45) is 0 Å². The Morgan fingerprint density at radius 2 is 2.00 bits per heavy atom. The number of hydrogen-bond donors (Lipinski definition) is 5. The van der Waals surface area contributed by atoms with E-state index in [1.807, 2.05) is 62.4 Å². The molecule has 0 amide bonds. The standard InChI is InChI=1S/C21H30N6/c1-6-7-11-17(14-19-16(3)27(5)26-25-19)20(22)15(2)21(23-4)24-18-12-9-8-10-13-18/h8-14,22-26H,3,6-7H2,1-2,4-5H3/b17-11+,19-14+,21-15-,22-20?. The quantitative estimate of drug-likeness (QED) is 0.454. The van der Waals surface area contributed by atoms with Crippen molar-refractivity contribution in [1.82, 2.24) is 21.3 Å². The fourth-order valence-electron chi connectivity index (χ4n) is 2.62. The van der Waals surface area contributed by atoms with E-state index in [1.54, 1.807) is 0 Å². The molecule has 1 aromatic rings. The van der Waals surface area contributed by atoms with Crippen LogP contribution in [0.15, 0.2) is 77.4 Å². The lowest BCUT2D eigenvalue weighted by Crippen LogP contribution is -2.31. The molecule has 0 bridgehead atoms. The molecule has 0 radical (unpaired) electrons. The summed E-state index contributed by atoms with van der Waals surface area (Å²) in [7, 11) is 3.75. The van der Waals surface area contributed by atoms with Gasteiger partial charge >= 0.3 is 0 Å². The summed E-state index contributed by atoms with van der Waals surface area (Å²) in [6, 6.07) is 9.94. The average molecular weight is 367 g/mol. The first kappa shape index (κ1) is 20.3. The third-order valence-electron chi connectivity index (χ3n) is 4.36. The van der Waals surface area contributed by atoms with Gasteiger partial charge in [-0.05, 0) is 37.1 Å². The fraction of sp³-hybridized carbons (Fsp3) is 0.286. The molecule has 27 heavy (non-hydrogen) atoms. The van der Waals surface area contributed by atoms with Gasteiger partial charge in [0.15, 0.2) is 0 Å². The van der Waals surface area contributed by atoms with Crippen LogP contribution in [0.2, 0.25) is 0 Å². The van der Waals surface area contributed by atoms with Crippen LogP contribution in [0.1, 0.15) is 26.7 Å². The Balaban J connectivity index is 2.32. The predicted molar refractivity (Wildman–Crippen MR) is 114 cm³/mol. The largest absolute Gasteiger partial charge is 0.374 e. The third-order valence-corrected chi connectivity index (χ3v) is 4.36. The summed E-state index contributed by atoms with van der Waals surface area (Å²) >= 11 is 0. The number of hydrazine groups is 2. The molecule has 1 saturated heterocycles. The van der Waals surface area contributed by atoms with Crippen molar-refractivity contribution >= 4 is 11.4 Å². The molecule has 1 aliphatic rings. The van der Waals surface area contributed by atoms with Gasteiger partial charge in [0.25, 0.3) is 0 Å². The van der Waals surface area contributed by atoms with Crippen LogP contribution in [0.25, 0.3) is 0 Å². The number of anilines is 1. The first-order valence-electron chi connectivity index (χ1n) is 9.14. The number of allylic oxidation sites excluding steroid dienone is 4. The monoisotopic (exact) mass is 366 g/mol. The van der Waals surface area contributed by atoms with Gasteiger partial charge in [0.2, 0.25) is 0 Å². The van der Waals surface area contributed by atoms with E-state index in [2.05, 4.69) is 41.2 Å². The van der Waals surface area contributed by atoms with Gasteiger partial charge in [-0.15, -0.1) is 5.53 Å². The van der Waals surface area contributed by atoms with Crippen LogP contribution in [0.4, 0.5) is 5.69 Å². The number of nitrogens with zero attached hydrogens (tertiary/aromatic N) is 1. The molecule has 6 nitrogen and oxygen atoms in total. The van der Waals surface area contributed by atoms with E-state index < -0.39 is 0 Å². The van der Waals surface area contributed by atoms with Crippen molar-refractivity contribution in [3.63, 3.8) is 0 Å². The molecule has 5 N–H and O–H groups in total. The van der Waals surface area contributed by atoms with Crippen molar-refractivity contribution < 1.29 is 0 Å². The molecule has 0 spiro atoms. The minimum Gasteiger partial charge on any atom is -0.374 e. The lowest BCUT2D eigenvalue weighted by Gasteiger charge is -2.16. The first-order valence-corrected chi connectivity index (χ1v) is 9.14. The SMILES string of the molecule is C=C1/C(=C\C(=C/CCC)C(=N)/C(C)=C(/NC)Nc2ccccc2)NNN1C. The second-order valence-corrected chi connectivity index (χ2v) is 6.36. The lowest BCUT2D eigenvalue weighted by molar-refractivity contribution is 0.327. The number of unbranched alkanes of at least 4 members (excludes halogenated alkanes) is 1. The zero-order valence-corrected chi connectivity index (χ0v) is 16.6. The summed E-state index contributed by atoms with van der Waals surface area (Å²) < 4.78 is 0. The molecular formula is C21H30N6. The molecule has 1 aliphatic heterocycles. The van der Waals surface area contributed by atoms with Crippen LogP contribution in [0, 0.1) is 5.41 Å². The molecule has 0 atom stereocenters. The number of benzene rings is 1. The fourth-order valence-corrected chi connectivity index (χ4v) is 2.62. The smallest absolute Gasteiger partial charge is 0.108 e. The molecular weight excluding hydrogens is 336 g/mol. The van der Waals surface area contributed by atoms with Gasteiger partial charge in [-0.25, -0.2) is 0 Å². The molecule has 6 heteroatoms. The minimum absolute atomic E-state index is 0.466. The summed E-state index contributed by atoms with van der Waals surface area (Å²) in [5.41, 5.74) is 10.9. The maximum atomic E-state index is 8.77. The van der Waals surface area contributed by atoms with Crippen molar-refractivity contribution in [2.45, 2.75) is 26.7 Å². The van der Waals surface area contributed by atoms with Crippen LogP contribution in [-0.2, 0) is 0 Å². The minimum atomic E-state index is 0.466. The van der Waals surface area contributed by atoms with E-state index in [0.717, 1.165) is 46.9 Å². The Morgan fingerprint density at radius 3 is 2.56 bits per heavy atom. The summed E-state index contributed by atoms with van der Waals surface area (Å²) in [4.78, 5) is 0. The Labute approximate surface area is 162 Å². The topological polar surface area (TPSA) is 75.2 Å². The van der Waals surface area contributed by atoms with E-state index in [0.29, 0.717) is 5.71 Å². The van der Waals surface area contributed by atoms with Crippen molar-refractivity contribution in [3.8, 4) is 0 Å². The molecule has 0 saturated carbocycles. The molecule has 144 valence electrons. The second kappa shape index (κ2) is 9.64. The highest BCUT2D eigenvalue weighted by Gasteiger charge is 2.18. The Morgan fingerprint density at radius 1 is 1.30 bits per heavy atom. The lowest BCUT2D eigenvalue weighted by atomic mass is 10.00. The predicted octanol–water partition coefficient (Wildman–Crippen LogP) is 3.65. The Bertz CT molecular complexity index is 773. The molecule has 1 fully saturated rings. The number of nitrogens with one attached hydrogen (secondary N) is 5. The number of hydrogen-bond acceptors (Lipinski definition) is 6. The normalized spacial score (nSPS) is 16.9. The molecule has 0 unspecified atom stereocenters. The van der Waals surface area contributed by atoms with Crippen LogP contribution in [-0.4, -0.2) is 24.8 Å². The van der Waals surface area contributed by atoms with Gasteiger partial charge in [-0.2, -0.15) is 0 Å². The molecule has 0 aliphatic carbocycles. The highest BCUT2D eigenvalue weighted by atomic mass is 15.7. The summed E-state index contributed by atoms with van der Waals surface area (Å²) in [6.07, 6.45) is 6.00. The van der Waals surface area contributed by atoms with Gasteiger partial charge in [-0.3, -0.25) is 10.4 Å². The van der Waals surface area contributed by atoms with Crippen molar-refractivity contribution in [3.05, 3.63) is 77.4 Å². The van der Waals surface area contributed by atoms with E-state index in [1.165, 1.54) is 0 Å². The third kappa shape index (κ3) is 5.24. The maximum absolute atomic E-state index is 8.77. The summed E-state index contributed by atoms with van der Waals surface area (Å²) in [6.45, 7) is 8.14. The van der Waals surface area contributed by atoms with Crippen LogP contribution in [0.3, 0.4) is 0 Å². The van der Waals surface area contributed by atoms with E-state index in [-0.39, 0.29) is 0 Å². The Kier molecular flexibility index (Phi) is 7.25. The zero-order valence-electron chi connectivity index (χ0n) is 16.6. The van der Waals surface area contributed by atoms with Gasteiger partial charge < -0.3 is 16.1 Å². The van der Waals surface area contributed by atoms with Gasteiger partial charge in [0.1, 0.15) is 5.82 Å². The van der Waals surface area contributed by atoms with E-state index in [9.17, 15) is 0 Å². The van der Waals surface area contributed by atoms with E-state index in [4.69, 9.17) is 5.41 Å². The van der Waals surface area contributed by atoms with Crippen LogP contribution in [0.5, 0.6) is 0 Å². The maximum Gasteiger partial charge on any atom is 0.108 e. The summed E-state index contributed by atoms with van der Waals surface area (Å²) in [5.74, 6) is 0.806.